The van der Waals surface area contributed by atoms with Gasteiger partial charge < -0.3 is 19.5 Å². The molecule has 7 nitrogen and oxygen atoms in total. The van der Waals surface area contributed by atoms with Crippen molar-refractivity contribution in [3.63, 3.8) is 0 Å². The Morgan fingerprint density at radius 1 is 0.578 bits per heavy atom. The van der Waals surface area contributed by atoms with Gasteiger partial charge in [0.15, 0.2) is 0 Å². The van der Waals surface area contributed by atoms with E-state index in [4.69, 9.17) is 9.47 Å². The number of carbonyl (C=O) groups is 2. The lowest BCUT2D eigenvalue weighted by molar-refractivity contribution is -0.137. The molecule has 0 saturated carbocycles. The summed E-state index contributed by atoms with van der Waals surface area (Å²) in [5, 5.41) is 9.56. The van der Waals surface area contributed by atoms with Crippen molar-refractivity contribution in [3.8, 4) is 17.2 Å². The van der Waals surface area contributed by atoms with Crippen LogP contribution in [-0.2, 0) is 24.4 Å². The molecule has 0 bridgehead atoms. The van der Waals surface area contributed by atoms with Crippen LogP contribution in [0.1, 0.15) is 27.0 Å². The van der Waals surface area contributed by atoms with Crippen LogP contribution in [-0.4, -0.2) is 46.5 Å². The van der Waals surface area contributed by atoms with Crippen molar-refractivity contribution >= 4 is 11.9 Å². The van der Waals surface area contributed by atoms with E-state index in [9.17, 15) is 14.7 Å². The summed E-state index contributed by atoms with van der Waals surface area (Å²) in [6.45, 7) is 2.36. The van der Waals surface area contributed by atoms with Crippen molar-refractivity contribution in [2.75, 3.05) is 19.7 Å². The summed E-state index contributed by atoms with van der Waals surface area (Å²) < 4.78 is 11.9. The number of aliphatic carboxylic acids is 1. The minimum Gasteiger partial charge on any atom is -0.492 e. The van der Waals surface area contributed by atoms with Crippen LogP contribution in [0.5, 0.6) is 17.2 Å². The van der Waals surface area contributed by atoms with Gasteiger partial charge in [-0.15, -0.1) is 0 Å². The molecular weight excluding hydrogens is 564 g/mol. The van der Waals surface area contributed by atoms with Crippen molar-refractivity contribution in [1.29, 1.82) is 0 Å². The normalized spacial score (nSPS) is 10.8. The first-order valence-electron chi connectivity index (χ1n) is 14.9. The lowest BCUT2D eigenvalue weighted by atomic mass is 10.1. The summed E-state index contributed by atoms with van der Waals surface area (Å²) >= 11 is 0. The van der Waals surface area contributed by atoms with E-state index in [1.807, 2.05) is 84.9 Å². The van der Waals surface area contributed by atoms with Gasteiger partial charge in [-0.3, -0.25) is 14.5 Å². The standard InChI is InChI=1S/C38H36N2O5/c41-37(42)29-40(28-32-19-21-35(22-20-32)45-34-16-8-3-9-17-34)38(43)33-15-10-18-36(25-33)44-24-23-39(26-30-11-4-1-5-12-30)27-31-13-6-2-7-14-31/h1-22,25H,23-24,26-29H2,(H,41,42). The number of carboxylic acid groups (broad SMARTS) is 1. The molecule has 0 atom stereocenters. The fourth-order valence-electron chi connectivity index (χ4n) is 4.96. The zero-order valence-electron chi connectivity index (χ0n) is 25.0. The third-order valence-electron chi connectivity index (χ3n) is 7.14. The van der Waals surface area contributed by atoms with Gasteiger partial charge in [0.25, 0.3) is 5.91 Å². The molecule has 0 radical (unpaired) electrons. The van der Waals surface area contributed by atoms with Crippen LogP contribution in [0.25, 0.3) is 0 Å². The molecule has 0 aliphatic carbocycles. The van der Waals surface area contributed by atoms with Crippen LogP contribution in [0.15, 0.2) is 140 Å². The van der Waals surface area contributed by atoms with Crippen LogP contribution >= 0.6 is 0 Å². The van der Waals surface area contributed by atoms with Gasteiger partial charge in [-0.25, -0.2) is 0 Å². The van der Waals surface area contributed by atoms with E-state index in [0.29, 0.717) is 30.2 Å². The van der Waals surface area contributed by atoms with E-state index >= 15 is 0 Å². The smallest absolute Gasteiger partial charge is 0.323 e. The van der Waals surface area contributed by atoms with Gasteiger partial charge >= 0.3 is 5.97 Å². The van der Waals surface area contributed by atoms with Crippen LogP contribution in [0, 0.1) is 0 Å². The Balaban J connectivity index is 1.21. The molecule has 0 aliphatic rings. The minimum atomic E-state index is -1.09. The Morgan fingerprint density at radius 3 is 1.71 bits per heavy atom. The SMILES string of the molecule is O=C(O)CN(Cc1ccc(Oc2ccccc2)cc1)C(=O)c1cccc(OCCN(Cc2ccccc2)Cc2ccccc2)c1. The van der Waals surface area contributed by atoms with Crippen LogP contribution in [0.3, 0.4) is 0 Å². The van der Waals surface area contributed by atoms with Gasteiger partial charge in [0.1, 0.15) is 30.4 Å². The molecule has 0 fully saturated rings. The Kier molecular flexibility index (Phi) is 11.0. The Bertz CT molecular complexity index is 1600. The summed E-state index contributed by atoms with van der Waals surface area (Å²) in [5.41, 5.74) is 3.59. The number of benzene rings is 5. The highest BCUT2D eigenvalue weighted by molar-refractivity contribution is 5.96. The third-order valence-corrected chi connectivity index (χ3v) is 7.14. The predicted octanol–water partition coefficient (Wildman–Crippen LogP) is 7.29. The van der Waals surface area contributed by atoms with E-state index in [1.54, 1.807) is 30.3 Å². The third kappa shape index (κ3) is 9.81. The molecule has 5 aromatic rings. The first kappa shape index (κ1) is 31.0. The topological polar surface area (TPSA) is 79.3 Å². The highest BCUT2D eigenvalue weighted by Gasteiger charge is 2.20. The average molecular weight is 601 g/mol. The molecule has 0 unspecified atom stereocenters. The number of carboxylic acids is 1. The van der Waals surface area contributed by atoms with Crippen molar-refractivity contribution in [3.05, 3.63) is 162 Å². The number of para-hydroxylation sites is 1. The summed E-state index contributed by atoms with van der Waals surface area (Å²) in [4.78, 5) is 28.8. The summed E-state index contributed by atoms with van der Waals surface area (Å²) in [6, 6.07) is 44.3. The van der Waals surface area contributed by atoms with E-state index in [2.05, 4.69) is 29.2 Å². The zero-order valence-corrected chi connectivity index (χ0v) is 25.0. The Labute approximate surface area is 263 Å². The van der Waals surface area contributed by atoms with Gasteiger partial charge in [-0.05, 0) is 59.2 Å². The number of rotatable bonds is 15. The average Bonchev–Trinajstić information content (AvgIpc) is 3.06. The molecule has 5 aromatic carbocycles. The van der Waals surface area contributed by atoms with E-state index < -0.39 is 12.5 Å². The number of ether oxygens (including phenoxy) is 2. The largest absolute Gasteiger partial charge is 0.492 e. The van der Waals surface area contributed by atoms with Crippen molar-refractivity contribution in [2.24, 2.45) is 0 Å². The van der Waals surface area contributed by atoms with E-state index in [1.165, 1.54) is 16.0 Å². The van der Waals surface area contributed by atoms with E-state index in [-0.39, 0.29) is 12.5 Å². The maximum atomic E-state index is 13.5. The molecule has 7 heteroatoms. The van der Waals surface area contributed by atoms with Gasteiger partial charge in [-0.1, -0.05) is 97.1 Å². The number of amides is 1. The minimum absolute atomic E-state index is 0.135. The van der Waals surface area contributed by atoms with Gasteiger partial charge in [0.05, 0.1) is 0 Å². The fourth-order valence-corrected chi connectivity index (χ4v) is 4.96. The fraction of sp³-hybridized carbons (Fsp3) is 0.158. The summed E-state index contributed by atoms with van der Waals surface area (Å²) in [7, 11) is 0. The second kappa shape index (κ2) is 15.9. The predicted molar refractivity (Wildman–Crippen MR) is 174 cm³/mol. The summed E-state index contributed by atoms with van der Waals surface area (Å²) in [6.07, 6.45) is 0. The molecule has 0 spiro atoms. The van der Waals surface area contributed by atoms with Crippen LogP contribution in [0.2, 0.25) is 0 Å². The lowest BCUT2D eigenvalue weighted by Gasteiger charge is -2.23. The van der Waals surface area contributed by atoms with Crippen LogP contribution in [0.4, 0.5) is 0 Å². The Morgan fingerprint density at radius 2 is 1.11 bits per heavy atom. The van der Waals surface area contributed by atoms with Gasteiger partial charge in [-0.2, -0.15) is 0 Å². The monoisotopic (exact) mass is 600 g/mol. The van der Waals surface area contributed by atoms with Crippen molar-refractivity contribution in [1.82, 2.24) is 9.80 Å². The number of hydrogen-bond acceptors (Lipinski definition) is 5. The molecule has 1 amide bonds. The molecular formula is C38H36N2O5. The zero-order chi connectivity index (χ0) is 31.3. The Hall–Kier alpha value is -5.40. The molecule has 0 saturated heterocycles. The summed E-state index contributed by atoms with van der Waals surface area (Å²) in [5.74, 6) is 0.448. The molecule has 1 N–H and O–H groups in total. The quantitative estimate of drug-likeness (QED) is 0.136. The van der Waals surface area contributed by atoms with Crippen molar-refractivity contribution in [2.45, 2.75) is 19.6 Å². The maximum absolute atomic E-state index is 13.5. The molecule has 0 aromatic heterocycles. The van der Waals surface area contributed by atoms with E-state index in [0.717, 1.165) is 24.4 Å². The van der Waals surface area contributed by atoms with Gasteiger partial charge in [0, 0.05) is 31.7 Å². The second-order valence-corrected chi connectivity index (χ2v) is 10.7. The first-order valence-corrected chi connectivity index (χ1v) is 14.9. The molecule has 5 rings (SSSR count). The number of nitrogens with zero attached hydrogens (tertiary/aromatic N) is 2. The highest BCUT2D eigenvalue weighted by Crippen LogP contribution is 2.22. The highest BCUT2D eigenvalue weighted by atomic mass is 16.5. The number of hydrogen-bond donors (Lipinski definition) is 1. The van der Waals surface area contributed by atoms with Crippen molar-refractivity contribution < 1.29 is 24.2 Å². The van der Waals surface area contributed by atoms with Gasteiger partial charge in [0.2, 0.25) is 0 Å². The molecule has 0 heterocycles. The molecule has 45 heavy (non-hydrogen) atoms. The maximum Gasteiger partial charge on any atom is 0.323 e. The number of carbonyl (C=O) groups excluding carboxylic acids is 1. The second-order valence-electron chi connectivity index (χ2n) is 10.7. The molecule has 228 valence electrons. The van der Waals surface area contributed by atoms with Crippen LogP contribution < -0.4 is 9.47 Å². The molecule has 0 aliphatic heterocycles. The first-order chi connectivity index (χ1) is 22.0. The lowest BCUT2D eigenvalue weighted by Crippen LogP contribution is -2.35.